The van der Waals surface area contributed by atoms with E-state index < -0.39 is 0 Å². The largest absolute Gasteiger partial charge is 0.358 e. The minimum atomic E-state index is -0.168. The lowest BCUT2D eigenvalue weighted by molar-refractivity contribution is -0.121. The zero-order chi connectivity index (χ0) is 13.9. The van der Waals surface area contributed by atoms with Gasteiger partial charge in [-0.2, -0.15) is 0 Å². The molecule has 1 aliphatic rings. The van der Waals surface area contributed by atoms with Crippen LogP contribution in [0.3, 0.4) is 0 Å². The number of carbonyl (C=O) groups excluding carboxylic acids is 1. The Kier molecular flexibility index (Phi) is 3.56. The van der Waals surface area contributed by atoms with Crippen LogP contribution < -0.4 is 10.6 Å². The molecule has 1 atom stereocenters. The number of hydrogen-bond acceptors (Lipinski definition) is 2. The average molecular weight is 269 g/mol. The van der Waals surface area contributed by atoms with E-state index in [2.05, 4.69) is 34.7 Å². The van der Waals surface area contributed by atoms with Gasteiger partial charge in [-0.05, 0) is 25.0 Å². The highest BCUT2D eigenvalue weighted by Crippen LogP contribution is 2.21. The van der Waals surface area contributed by atoms with Crippen LogP contribution in [0, 0.1) is 6.92 Å². The average Bonchev–Trinajstić information content (AvgIpc) is 3.07. The maximum atomic E-state index is 11.9. The lowest BCUT2D eigenvalue weighted by Gasteiger charge is -2.10. The first-order valence-electron chi connectivity index (χ1n) is 6.99. The summed E-state index contributed by atoms with van der Waals surface area (Å²) in [4.78, 5) is 15.3. The Morgan fingerprint density at radius 1 is 1.40 bits per heavy atom. The van der Waals surface area contributed by atoms with Crippen molar-refractivity contribution in [3.63, 3.8) is 0 Å². The maximum Gasteiger partial charge on any atom is 0.241 e. The van der Waals surface area contributed by atoms with Crippen LogP contribution in [-0.4, -0.2) is 30.0 Å². The normalized spacial score (nSPS) is 17.8. The van der Waals surface area contributed by atoms with Crippen LogP contribution in [0.5, 0.6) is 0 Å². The minimum absolute atomic E-state index is 0.0521. The van der Waals surface area contributed by atoms with Crippen molar-refractivity contribution >= 4 is 16.8 Å². The van der Waals surface area contributed by atoms with E-state index in [0.717, 1.165) is 18.5 Å². The van der Waals surface area contributed by atoms with Gasteiger partial charge in [-0.25, -0.2) is 0 Å². The smallest absolute Gasteiger partial charge is 0.241 e. The molecule has 0 bridgehead atoms. The summed E-state index contributed by atoms with van der Waals surface area (Å²) in [5.41, 5.74) is 3.63. The Bertz CT molecular complexity index is 657. The number of aromatic amines is 1. The molecule has 0 spiro atoms. The quantitative estimate of drug-likeness (QED) is 0.739. The summed E-state index contributed by atoms with van der Waals surface area (Å²) >= 11 is 0. The predicted molar refractivity (Wildman–Crippen MR) is 80.7 cm³/mol. The van der Waals surface area contributed by atoms with Gasteiger partial charge in [-0.1, -0.05) is 30.4 Å². The minimum Gasteiger partial charge on any atom is -0.358 e. The number of aromatic nitrogens is 1. The first kappa shape index (κ1) is 12.9. The van der Waals surface area contributed by atoms with Crippen molar-refractivity contribution in [1.29, 1.82) is 0 Å². The third kappa shape index (κ3) is 2.47. The van der Waals surface area contributed by atoms with E-state index >= 15 is 0 Å². The molecule has 20 heavy (non-hydrogen) atoms. The Morgan fingerprint density at radius 2 is 2.25 bits per heavy atom. The van der Waals surface area contributed by atoms with Gasteiger partial charge in [0.25, 0.3) is 0 Å². The second kappa shape index (κ2) is 5.51. The molecular formula is C16H19N3O. The summed E-state index contributed by atoms with van der Waals surface area (Å²) in [6.07, 6.45) is 4.73. The van der Waals surface area contributed by atoms with E-state index in [1.54, 1.807) is 0 Å². The Hall–Kier alpha value is -2.07. The summed E-state index contributed by atoms with van der Waals surface area (Å²) in [6.45, 7) is 3.52. The van der Waals surface area contributed by atoms with Gasteiger partial charge in [0.1, 0.15) is 6.04 Å². The summed E-state index contributed by atoms with van der Waals surface area (Å²) in [5.74, 6) is 0.0521. The van der Waals surface area contributed by atoms with E-state index in [4.69, 9.17) is 0 Å². The van der Waals surface area contributed by atoms with E-state index in [-0.39, 0.29) is 11.9 Å². The SMILES string of the molecule is Cc1[nH]c2ccccc2c1CCNC(=O)[C@H]1C=CCN1. The van der Waals surface area contributed by atoms with Gasteiger partial charge >= 0.3 is 0 Å². The molecule has 3 rings (SSSR count). The summed E-state index contributed by atoms with van der Waals surface area (Å²) in [7, 11) is 0. The highest BCUT2D eigenvalue weighted by Gasteiger charge is 2.17. The van der Waals surface area contributed by atoms with Crippen molar-refractivity contribution in [2.45, 2.75) is 19.4 Å². The number of H-pyrrole nitrogens is 1. The van der Waals surface area contributed by atoms with Crippen molar-refractivity contribution in [2.75, 3.05) is 13.1 Å². The molecule has 0 radical (unpaired) electrons. The number of aryl methyl sites for hydroxylation is 1. The molecule has 1 amide bonds. The molecule has 0 unspecified atom stereocenters. The number of benzene rings is 1. The molecule has 4 nitrogen and oxygen atoms in total. The van der Waals surface area contributed by atoms with Crippen molar-refractivity contribution < 1.29 is 4.79 Å². The molecule has 1 aromatic carbocycles. The van der Waals surface area contributed by atoms with Crippen molar-refractivity contribution in [1.82, 2.24) is 15.6 Å². The van der Waals surface area contributed by atoms with Gasteiger partial charge in [0.2, 0.25) is 5.91 Å². The van der Waals surface area contributed by atoms with Crippen LogP contribution in [-0.2, 0) is 11.2 Å². The molecule has 3 N–H and O–H groups in total. The fraction of sp³-hybridized carbons (Fsp3) is 0.312. The van der Waals surface area contributed by atoms with Crippen molar-refractivity contribution in [3.8, 4) is 0 Å². The number of amides is 1. The fourth-order valence-corrected chi connectivity index (χ4v) is 2.72. The molecule has 2 heterocycles. The van der Waals surface area contributed by atoms with Crippen LogP contribution in [0.25, 0.3) is 10.9 Å². The third-order valence-corrected chi connectivity index (χ3v) is 3.77. The lowest BCUT2D eigenvalue weighted by atomic mass is 10.1. The van der Waals surface area contributed by atoms with Gasteiger partial charge in [0, 0.05) is 29.7 Å². The van der Waals surface area contributed by atoms with Gasteiger partial charge in [-0.3, -0.25) is 10.1 Å². The molecular weight excluding hydrogens is 250 g/mol. The van der Waals surface area contributed by atoms with E-state index in [0.29, 0.717) is 6.54 Å². The van der Waals surface area contributed by atoms with Gasteiger partial charge in [-0.15, -0.1) is 0 Å². The maximum absolute atomic E-state index is 11.9. The summed E-state index contributed by atoms with van der Waals surface area (Å²) in [6, 6.07) is 8.11. The Labute approximate surface area is 118 Å². The van der Waals surface area contributed by atoms with Crippen molar-refractivity contribution in [3.05, 3.63) is 47.7 Å². The third-order valence-electron chi connectivity index (χ3n) is 3.77. The molecule has 0 aliphatic carbocycles. The highest BCUT2D eigenvalue weighted by atomic mass is 16.2. The molecule has 1 aliphatic heterocycles. The van der Waals surface area contributed by atoms with Crippen LogP contribution in [0.1, 0.15) is 11.3 Å². The fourth-order valence-electron chi connectivity index (χ4n) is 2.72. The van der Waals surface area contributed by atoms with E-state index in [1.165, 1.54) is 16.6 Å². The first-order valence-corrected chi connectivity index (χ1v) is 6.99. The second-order valence-electron chi connectivity index (χ2n) is 5.13. The zero-order valence-electron chi connectivity index (χ0n) is 11.6. The molecule has 0 fully saturated rings. The molecule has 104 valence electrons. The number of rotatable bonds is 4. The van der Waals surface area contributed by atoms with Crippen LogP contribution >= 0.6 is 0 Å². The van der Waals surface area contributed by atoms with Crippen LogP contribution in [0.4, 0.5) is 0 Å². The topological polar surface area (TPSA) is 56.9 Å². The number of fused-ring (bicyclic) bond motifs is 1. The number of carbonyl (C=O) groups is 1. The number of nitrogens with one attached hydrogen (secondary N) is 3. The van der Waals surface area contributed by atoms with Crippen LogP contribution in [0.2, 0.25) is 0 Å². The van der Waals surface area contributed by atoms with Gasteiger partial charge in [0.05, 0.1) is 0 Å². The second-order valence-corrected chi connectivity index (χ2v) is 5.13. The van der Waals surface area contributed by atoms with Gasteiger partial charge in [0.15, 0.2) is 0 Å². The first-order chi connectivity index (χ1) is 9.75. The Morgan fingerprint density at radius 3 is 3.05 bits per heavy atom. The van der Waals surface area contributed by atoms with Crippen LogP contribution in [0.15, 0.2) is 36.4 Å². The van der Waals surface area contributed by atoms with E-state index in [1.807, 2.05) is 24.3 Å². The number of hydrogen-bond donors (Lipinski definition) is 3. The molecule has 2 aromatic rings. The molecule has 1 aromatic heterocycles. The lowest BCUT2D eigenvalue weighted by Crippen LogP contribution is -2.41. The Balaban J connectivity index is 1.64. The summed E-state index contributed by atoms with van der Waals surface area (Å²) in [5, 5.41) is 7.35. The van der Waals surface area contributed by atoms with Crippen molar-refractivity contribution in [2.24, 2.45) is 0 Å². The molecule has 0 saturated carbocycles. The molecule has 4 heteroatoms. The number of para-hydroxylation sites is 1. The monoisotopic (exact) mass is 269 g/mol. The predicted octanol–water partition coefficient (Wildman–Crippen LogP) is 1.66. The standard InChI is InChI=1S/C16H19N3O/c1-11-12(13-5-2-3-6-14(13)19-11)8-10-18-16(20)15-7-4-9-17-15/h2-7,15,17,19H,8-10H2,1H3,(H,18,20)/t15-/m1/s1. The van der Waals surface area contributed by atoms with E-state index in [9.17, 15) is 4.79 Å². The van der Waals surface area contributed by atoms with Gasteiger partial charge < -0.3 is 10.3 Å². The molecule has 0 saturated heterocycles. The zero-order valence-corrected chi connectivity index (χ0v) is 11.6. The summed E-state index contributed by atoms with van der Waals surface area (Å²) < 4.78 is 0. The highest BCUT2D eigenvalue weighted by molar-refractivity contribution is 5.85.